The number of hydrogen-bond acceptors (Lipinski definition) is 2. The molecule has 0 saturated carbocycles. The minimum absolute atomic E-state index is 0.0800. The molecule has 0 bridgehead atoms. The van der Waals surface area contributed by atoms with E-state index >= 15 is 0 Å². The summed E-state index contributed by atoms with van der Waals surface area (Å²) >= 11 is 0. The molecule has 1 atom stereocenters. The van der Waals surface area contributed by atoms with Crippen LogP contribution in [0.4, 0.5) is 0 Å². The van der Waals surface area contributed by atoms with Gasteiger partial charge in [0.15, 0.2) is 5.72 Å². The molecule has 1 fully saturated rings. The van der Waals surface area contributed by atoms with Crippen LogP contribution in [0.3, 0.4) is 0 Å². The molecule has 21 heavy (non-hydrogen) atoms. The fraction of sp³-hybridized carbons (Fsp3) is 0.278. The van der Waals surface area contributed by atoms with Crippen molar-refractivity contribution in [2.75, 3.05) is 13.2 Å². The molecule has 2 aromatic carbocycles. The summed E-state index contributed by atoms with van der Waals surface area (Å²) < 4.78 is 6.30. The number of amides is 1. The third-order valence-electron chi connectivity index (χ3n) is 4.40. The second-order valence-electron chi connectivity index (χ2n) is 5.57. The lowest BCUT2D eigenvalue weighted by molar-refractivity contribution is -0.0941. The quantitative estimate of drug-likeness (QED) is 0.802. The van der Waals surface area contributed by atoms with Crippen molar-refractivity contribution < 1.29 is 9.53 Å². The molecule has 2 heterocycles. The van der Waals surface area contributed by atoms with Crippen LogP contribution >= 0.6 is 0 Å². The van der Waals surface area contributed by atoms with E-state index in [2.05, 4.69) is 0 Å². The monoisotopic (exact) mass is 279 g/mol. The highest BCUT2D eigenvalue weighted by Crippen LogP contribution is 2.46. The predicted molar refractivity (Wildman–Crippen MR) is 79.9 cm³/mol. The lowest BCUT2D eigenvalue weighted by atomic mass is 9.93. The Bertz CT molecular complexity index is 683. The Labute approximate surface area is 124 Å². The summed E-state index contributed by atoms with van der Waals surface area (Å²) in [5.74, 6) is 0.0800. The van der Waals surface area contributed by atoms with Crippen molar-refractivity contribution in [1.29, 1.82) is 0 Å². The molecular weight excluding hydrogens is 262 g/mol. The van der Waals surface area contributed by atoms with E-state index in [0.717, 1.165) is 36.1 Å². The van der Waals surface area contributed by atoms with Crippen LogP contribution in [0.1, 0.15) is 34.3 Å². The van der Waals surface area contributed by atoms with E-state index in [1.165, 1.54) is 0 Å². The zero-order valence-electron chi connectivity index (χ0n) is 11.8. The minimum Gasteiger partial charge on any atom is -0.347 e. The first-order valence-corrected chi connectivity index (χ1v) is 7.45. The van der Waals surface area contributed by atoms with E-state index in [1.807, 2.05) is 59.5 Å². The maximum atomic E-state index is 12.8. The molecule has 0 spiro atoms. The van der Waals surface area contributed by atoms with Gasteiger partial charge >= 0.3 is 0 Å². The molecule has 4 rings (SSSR count). The molecular formula is C18H17NO2. The normalized spacial score (nSPS) is 24.4. The molecule has 0 aromatic heterocycles. The Balaban J connectivity index is 2.00. The van der Waals surface area contributed by atoms with Gasteiger partial charge in [0.05, 0.1) is 6.61 Å². The van der Waals surface area contributed by atoms with Gasteiger partial charge in [0.1, 0.15) is 0 Å². The summed E-state index contributed by atoms with van der Waals surface area (Å²) in [6.45, 7) is 1.41. The maximum Gasteiger partial charge on any atom is 0.257 e. The van der Waals surface area contributed by atoms with E-state index in [4.69, 9.17) is 4.74 Å². The van der Waals surface area contributed by atoms with Crippen molar-refractivity contribution >= 4 is 5.91 Å². The Kier molecular flexibility index (Phi) is 2.82. The lowest BCUT2D eigenvalue weighted by Gasteiger charge is -2.37. The van der Waals surface area contributed by atoms with Gasteiger partial charge in [-0.2, -0.15) is 0 Å². The lowest BCUT2D eigenvalue weighted by Crippen LogP contribution is -2.46. The van der Waals surface area contributed by atoms with Gasteiger partial charge in [0, 0.05) is 23.2 Å². The van der Waals surface area contributed by atoms with E-state index in [1.54, 1.807) is 0 Å². The van der Waals surface area contributed by atoms with Gasteiger partial charge < -0.3 is 9.64 Å². The molecule has 2 aliphatic rings. The number of carbonyl (C=O) groups is 1. The van der Waals surface area contributed by atoms with Crippen LogP contribution < -0.4 is 0 Å². The van der Waals surface area contributed by atoms with E-state index in [9.17, 15) is 4.79 Å². The van der Waals surface area contributed by atoms with Crippen LogP contribution in [0.2, 0.25) is 0 Å². The number of benzene rings is 2. The van der Waals surface area contributed by atoms with Crippen molar-refractivity contribution in [3.63, 3.8) is 0 Å². The fourth-order valence-electron chi connectivity index (χ4n) is 3.46. The highest BCUT2D eigenvalue weighted by molar-refractivity contribution is 6.00. The second kappa shape index (κ2) is 4.71. The van der Waals surface area contributed by atoms with Crippen LogP contribution in [-0.4, -0.2) is 24.0 Å². The van der Waals surface area contributed by atoms with Crippen LogP contribution in [0, 0.1) is 0 Å². The van der Waals surface area contributed by atoms with E-state index in [-0.39, 0.29) is 5.91 Å². The second-order valence-corrected chi connectivity index (χ2v) is 5.57. The number of ether oxygens (including phenoxy) is 1. The standard InChI is InChI=1S/C18H17NO2/c20-17-15-10-4-5-11-16(15)18(14-8-2-1-3-9-14)19(17)12-6-7-13-21-18/h1-5,8-11H,6-7,12-13H2. The summed E-state index contributed by atoms with van der Waals surface area (Å²) in [6, 6.07) is 17.9. The third kappa shape index (κ3) is 1.67. The van der Waals surface area contributed by atoms with Crippen molar-refractivity contribution in [1.82, 2.24) is 4.90 Å². The Morgan fingerprint density at radius 1 is 0.952 bits per heavy atom. The maximum absolute atomic E-state index is 12.8. The number of hydrogen-bond donors (Lipinski definition) is 0. The Morgan fingerprint density at radius 2 is 1.71 bits per heavy atom. The topological polar surface area (TPSA) is 29.5 Å². The van der Waals surface area contributed by atoms with Crippen LogP contribution in [0.15, 0.2) is 54.6 Å². The van der Waals surface area contributed by atoms with Crippen molar-refractivity contribution in [2.24, 2.45) is 0 Å². The van der Waals surface area contributed by atoms with E-state index in [0.29, 0.717) is 6.61 Å². The molecule has 1 unspecified atom stereocenters. The van der Waals surface area contributed by atoms with Crippen LogP contribution in [0.25, 0.3) is 0 Å². The summed E-state index contributed by atoms with van der Waals surface area (Å²) in [4.78, 5) is 14.7. The zero-order valence-corrected chi connectivity index (χ0v) is 11.8. The first-order chi connectivity index (χ1) is 10.3. The van der Waals surface area contributed by atoms with Gasteiger partial charge in [0.25, 0.3) is 5.91 Å². The summed E-state index contributed by atoms with van der Waals surface area (Å²) in [7, 11) is 0. The number of carbonyl (C=O) groups excluding carboxylic acids is 1. The van der Waals surface area contributed by atoms with Gasteiger partial charge in [0.2, 0.25) is 0 Å². The third-order valence-corrected chi connectivity index (χ3v) is 4.40. The Hall–Kier alpha value is -2.13. The summed E-state index contributed by atoms with van der Waals surface area (Å²) in [5, 5.41) is 0. The molecule has 1 saturated heterocycles. The van der Waals surface area contributed by atoms with Gasteiger partial charge in [-0.25, -0.2) is 0 Å². The minimum atomic E-state index is -0.745. The predicted octanol–water partition coefficient (Wildman–Crippen LogP) is 3.15. The largest absolute Gasteiger partial charge is 0.347 e. The first-order valence-electron chi connectivity index (χ1n) is 7.45. The van der Waals surface area contributed by atoms with Gasteiger partial charge in [-0.15, -0.1) is 0 Å². The fourth-order valence-corrected chi connectivity index (χ4v) is 3.46. The van der Waals surface area contributed by atoms with E-state index < -0.39 is 5.72 Å². The molecule has 0 N–H and O–H groups in total. The molecule has 0 aliphatic carbocycles. The van der Waals surface area contributed by atoms with Gasteiger partial charge in [-0.1, -0.05) is 48.5 Å². The first kappa shape index (κ1) is 12.6. The molecule has 3 heteroatoms. The molecule has 2 aromatic rings. The Morgan fingerprint density at radius 3 is 2.57 bits per heavy atom. The van der Waals surface area contributed by atoms with Gasteiger partial charge in [-0.3, -0.25) is 4.79 Å². The van der Waals surface area contributed by atoms with Crippen molar-refractivity contribution in [2.45, 2.75) is 18.6 Å². The summed E-state index contributed by atoms with van der Waals surface area (Å²) in [5.41, 5.74) is 2.03. The van der Waals surface area contributed by atoms with Crippen molar-refractivity contribution in [3.8, 4) is 0 Å². The average molecular weight is 279 g/mol. The zero-order chi connectivity index (χ0) is 14.3. The molecule has 106 valence electrons. The number of rotatable bonds is 1. The number of fused-ring (bicyclic) bond motifs is 3. The van der Waals surface area contributed by atoms with Crippen molar-refractivity contribution in [3.05, 3.63) is 71.3 Å². The highest BCUT2D eigenvalue weighted by Gasteiger charge is 2.52. The van der Waals surface area contributed by atoms with Gasteiger partial charge in [-0.05, 0) is 18.9 Å². The molecule has 0 radical (unpaired) electrons. The van der Waals surface area contributed by atoms with Crippen LogP contribution in [-0.2, 0) is 10.5 Å². The highest BCUT2D eigenvalue weighted by atomic mass is 16.5. The summed E-state index contributed by atoms with van der Waals surface area (Å²) in [6.07, 6.45) is 1.97. The molecule has 1 amide bonds. The smallest absolute Gasteiger partial charge is 0.257 e. The SMILES string of the molecule is O=C1c2ccccc2C2(c3ccccc3)OCCCCN12. The molecule has 3 nitrogen and oxygen atoms in total. The van der Waals surface area contributed by atoms with Crippen LogP contribution in [0.5, 0.6) is 0 Å². The number of nitrogens with zero attached hydrogens (tertiary/aromatic N) is 1. The molecule has 2 aliphatic heterocycles. The average Bonchev–Trinajstić information content (AvgIpc) is 2.70.